The van der Waals surface area contributed by atoms with Gasteiger partial charge in [0.2, 0.25) is 5.91 Å². The molecular weight excluding hydrogens is 411 g/mol. The van der Waals surface area contributed by atoms with Crippen LogP contribution in [-0.2, 0) is 11.3 Å². The SMILES string of the molecule is CC(=O)c1ccc(N2CCN(C(=O)NCc3ccc(N4CCCC4=O)cc3)CC2)c(F)c1. The number of carbonyl (C=O) groups excluding carboxylic acids is 3. The molecule has 0 radical (unpaired) electrons. The molecule has 2 aromatic rings. The minimum Gasteiger partial charge on any atom is -0.366 e. The number of carbonyl (C=O) groups is 3. The second-order valence-electron chi connectivity index (χ2n) is 8.17. The average Bonchev–Trinajstić information content (AvgIpc) is 3.23. The Morgan fingerprint density at radius 2 is 1.72 bits per heavy atom. The summed E-state index contributed by atoms with van der Waals surface area (Å²) in [6, 6.07) is 12.0. The van der Waals surface area contributed by atoms with E-state index in [2.05, 4.69) is 5.32 Å². The van der Waals surface area contributed by atoms with Gasteiger partial charge in [0.25, 0.3) is 0 Å². The normalized spacial score (nSPS) is 16.4. The van der Waals surface area contributed by atoms with Crippen LogP contribution in [0.2, 0.25) is 0 Å². The monoisotopic (exact) mass is 438 g/mol. The summed E-state index contributed by atoms with van der Waals surface area (Å²) in [5, 5.41) is 2.93. The molecule has 7 nitrogen and oxygen atoms in total. The van der Waals surface area contributed by atoms with E-state index in [9.17, 15) is 18.8 Å². The van der Waals surface area contributed by atoms with E-state index >= 15 is 0 Å². The fraction of sp³-hybridized carbons (Fsp3) is 0.375. The van der Waals surface area contributed by atoms with Crippen LogP contribution in [0.25, 0.3) is 0 Å². The molecule has 2 aliphatic rings. The summed E-state index contributed by atoms with van der Waals surface area (Å²) in [6.45, 7) is 4.56. The minimum absolute atomic E-state index is 0.153. The molecule has 0 saturated carbocycles. The first-order chi connectivity index (χ1) is 15.4. The number of nitrogens with one attached hydrogen (secondary N) is 1. The molecule has 0 aromatic heterocycles. The van der Waals surface area contributed by atoms with Gasteiger partial charge in [0.15, 0.2) is 5.78 Å². The van der Waals surface area contributed by atoms with E-state index in [1.807, 2.05) is 29.2 Å². The number of urea groups is 1. The molecular formula is C24H27FN4O3. The summed E-state index contributed by atoms with van der Waals surface area (Å²) in [6.07, 6.45) is 1.49. The molecule has 0 atom stereocenters. The van der Waals surface area contributed by atoms with Crippen LogP contribution in [0.5, 0.6) is 0 Å². The maximum atomic E-state index is 14.4. The third-order valence-electron chi connectivity index (χ3n) is 6.03. The summed E-state index contributed by atoms with van der Waals surface area (Å²) in [5.74, 6) is -0.439. The van der Waals surface area contributed by atoms with Crippen molar-refractivity contribution in [2.24, 2.45) is 0 Å². The van der Waals surface area contributed by atoms with Gasteiger partial charge in [0.05, 0.1) is 5.69 Å². The van der Waals surface area contributed by atoms with Crippen molar-refractivity contribution in [3.8, 4) is 0 Å². The molecule has 0 bridgehead atoms. The van der Waals surface area contributed by atoms with Crippen LogP contribution in [0.4, 0.5) is 20.6 Å². The van der Waals surface area contributed by atoms with Gasteiger partial charge in [-0.25, -0.2) is 9.18 Å². The molecule has 2 fully saturated rings. The Morgan fingerprint density at radius 1 is 1.00 bits per heavy atom. The molecule has 2 aliphatic heterocycles. The molecule has 32 heavy (non-hydrogen) atoms. The van der Waals surface area contributed by atoms with Gasteiger partial charge < -0.3 is 20.0 Å². The number of nitrogens with zero attached hydrogens (tertiary/aromatic N) is 3. The zero-order valence-electron chi connectivity index (χ0n) is 18.1. The number of piperazine rings is 1. The molecule has 3 amide bonds. The van der Waals surface area contributed by atoms with Gasteiger partial charge in [-0.15, -0.1) is 0 Å². The van der Waals surface area contributed by atoms with Crippen LogP contribution in [0.15, 0.2) is 42.5 Å². The van der Waals surface area contributed by atoms with E-state index in [4.69, 9.17) is 0 Å². The van der Waals surface area contributed by atoms with Gasteiger partial charge in [0.1, 0.15) is 5.82 Å². The maximum absolute atomic E-state index is 14.4. The summed E-state index contributed by atoms with van der Waals surface area (Å²) in [4.78, 5) is 41.2. The lowest BCUT2D eigenvalue weighted by Gasteiger charge is -2.36. The van der Waals surface area contributed by atoms with E-state index in [1.165, 1.54) is 13.0 Å². The predicted octanol–water partition coefficient (Wildman–Crippen LogP) is 3.19. The van der Waals surface area contributed by atoms with Gasteiger partial charge in [-0.2, -0.15) is 0 Å². The first-order valence-electron chi connectivity index (χ1n) is 10.9. The lowest BCUT2D eigenvalue weighted by molar-refractivity contribution is -0.117. The van der Waals surface area contributed by atoms with E-state index in [0.717, 1.165) is 24.2 Å². The molecule has 0 unspecified atom stereocenters. The molecule has 2 aromatic carbocycles. The zero-order chi connectivity index (χ0) is 22.7. The number of rotatable bonds is 5. The minimum atomic E-state index is -0.422. The molecule has 2 heterocycles. The highest BCUT2D eigenvalue weighted by molar-refractivity contribution is 5.95. The summed E-state index contributed by atoms with van der Waals surface area (Å²) in [7, 11) is 0. The largest absolute Gasteiger partial charge is 0.366 e. The van der Waals surface area contributed by atoms with Crippen molar-refractivity contribution in [3.05, 3.63) is 59.4 Å². The second kappa shape index (κ2) is 9.38. The molecule has 2 saturated heterocycles. The Balaban J connectivity index is 1.27. The highest BCUT2D eigenvalue weighted by atomic mass is 19.1. The Hall–Kier alpha value is -3.42. The van der Waals surface area contributed by atoms with Gasteiger partial charge in [0, 0.05) is 56.9 Å². The van der Waals surface area contributed by atoms with Crippen molar-refractivity contribution in [2.45, 2.75) is 26.3 Å². The molecule has 8 heteroatoms. The van der Waals surface area contributed by atoms with Crippen molar-refractivity contribution < 1.29 is 18.8 Å². The Bertz CT molecular complexity index is 1020. The second-order valence-corrected chi connectivity index (χ2v) is 8.17. The maximum Gasteiger partial charge on any atom is 0.317 e. The van der Waals surface area contributed by atoms with E-state index < -0.39 is 5.82 Å². The first-order valence-corrected chi connectivity index (χ1v) is 10.9. The number of benzene rings is 2. The van der Waals surface area contributed by atoms with Crippen LogP contribution < -0.4 is 15.1 Å². The van der Waals surface area contributed by atoms with Crippen LogP contribution in [-0.4, -0.2) is 55.3 Å². The molecule has 168 valence electrons. The molecule has 0 aliphatic carbocycles. The average molecular weight is 439 g/mol. The lowest BCUT2D eigenvalue weighted by Crippen LogP contribution is -2.51. The highest BCUT2D eigenvalue weighted by Gasteiger charge is 2.24. The third kappa shape index (κ3) is 4.74. The fourth-order valence-electron chi connectivity index (χ4n) is 4.14. The summed E-state index contributed by atoms with van der Waals surface area (Å²) < 4.78 is 14.4. The standard InChI is InChI=1S/C24H27FN4O3/c1-17(30)19-6-9-22(21(25)15-19)27-11-13-28(14-12-27)24(32)26-16-18-4-7-20(8-5-18)29-10-2-3-23(29)31/h4-9,15H,2-3,10-14,16H2,1H3,(H,26,32). The first kappa shape index (κ1) is 21.8. The number of halogens is 1. The van der Waals surface area contributed by atoms with E-state index in [-0.39, 0.29) is 17.7 Å². The Kier molecular flexibility index (Phi) is 6.39. The van der Waals surface area contributed by atoms with Crippen molar-refractivity contribution in [3.63, 3.8) is 0 Å². The van der Waals surface area contributed by atoms with Gasteiger partial charge >= 0.3 is 6.03 Å². The number of hydrogen-bond donors (Lipinski definition) is 1. The van der Waals surface area contributed by atoms with Crippen LogP contribution >= 0.6 is 0 Å². The van der Waals surface area contributed by atoms with Crippen LogP contribution in [0.1, 0.15) is 35.7 Å². The third-order valence-corrected chi connectivity index (χ3v) is 6.03. The smallest absolute Gasteiger partial charge is 0.317 e. The van der Waals surface area contributed by atoms with Gasteiger partial charge in [-0.05, 0) is 49.2 Å². The van der Waals surface area contributed by atoms with E-state index in [0.29, 0.717) is 50.4 Å². The zero-order valence-corrected chi connectivity index (χ0v) is 18.1. The number of Topliss-reactive ketones (excluding diaryl/α,β-unsaturated/α-hetero) is 1. The van der Waals surface area contributed by atoms with Crippen molar-refractivity contribution in [2.75, 3.05) is 42.5 Å². The predicted molar refractivity (Wildman–Crippen MR) is 120 cm³/mol. The summed E-state index contributed by atoms with van der Waals surface area (Å²) in [5.41, 5.74) is 2.65. The van der Waals surface area contributed by atoms with Crippen molar-refractivity contribution in [1.82, 2.24) is 10.2 Å². The number of hydrogen-bond acceptors (Lipinski definition) is 4. The van der Waals surface area contributed by atoms with Gasteiger partial charge in [-0.1, -0.05) is 12.1 Å². The van der Waals surface area contributed by atoms with Crippen molar-refractivity contribution in [1.29, 1.82) is 0 Å². The lowest BCUT2D eigenvalue weighted by atomic mass is 10.1. The Morgan fingerprint density at radius 3 is 2.31 bits per heavy atom. The van der Waals surface area contributed by atoms with E-state index in [1.54, 1.807) is 21.9 Å². The number of amides is 3. The topological polar surface area (TPSA) is 73.0 Å². The molecule has 4 rings (SSSR count). The molecule has 1 N–H and O–H groups in total. The van der Waals surface area contributed by atoms with Crippen LogP contribution in [0.3, 0.4) is 0 Å². The van der Waals surface area contributed by atoms with Crippen molar-refractivity contribution >= 4 is 29.1 Å². The van der Waals surface area contributed by atoms with Gasteiger partial charge in [-0.3, -0.25) is 9.59 Å². The summed E-state index contributed by atoms with van der Waals surface area (Å²) >= 11 is 0. The Labute approximate surface area is 186 Å². The quantitative estimate of drug-likeness (QED) is 0.728. The number of ketones is 1. The highest BCUT2D eigenvalue weighted by Crippen LogP contribution is 2.23. The molecule has 0 spiro atoms. The fourth-order valence-corrected chi connectivity index (χ4v) is 4.14. The van der Waals surface area contributed by atoms with Crippen LogP contribution in [0, 0.1) is 5.82 Å². The number of anilines is 2.